The van der Waals surface area contributed by atoms with Gasteiger partial charge < -0.3 is 10.8 Å². The van der Waals surface area contributed by atoms with Crippen molar-refractivity contribution in [2.24, 2.45) is 11.7 Å². The fourth-order valence-electron chi connectivity index (χ4n) is 3.63. The molecule has 3 N–H and O–H groups in total. The molecule has 0 aromatic carbocycles. The van der Waals surface area contributed by atoms with E-state index in [0.717, 1.165) is 32.2 Å². The second kappa shape index (κ2) is 7.02. The SMILES string of the molecule is CC(C)C(N)C(CO)N1CCN(C2CCCC2)CC1. The van der Waals surface area contributed by atoms with E-state index in [9.17, 15) is 5.11 Å². The summed E-state index contributed by atoms with van der Waals surface area (Å²) < 4.78 is 0. The van der Waals surface area contributed by atoms with Gasteiger partial charge in [0, 0.05) is 44.3 Å². The van der Waals surface area contributed by atoms with Crippen molar-refractivity contribution in [2.75, 3.05) is 32.8 Å². The highest BCUT2D eigenvalue weighted by molar-refractivity contribution is 4.89. The average Bonchev–Trinajstić information content (AvgIpc) is 2.94. The van der Waals surface area contributed by atoms with Crippen LogP contribution in [-0.2, 0) is 0 Å². The maximum Gasteiger partial charge on any atom is 0.0602 e. The normalized spacial score (nSPS) is 27.0. The molecule has 0 radical (unpaired) electrons. The van der Waals surface area contributed by atoms with Gasteiger partial charge in [-0.25, -0.2) is 0 Å². The van der Waals surface area contributed by atoms with Gasteiger partial charge in [-0.1, -0.05) is 26.7 Å². The maximum atomic E-state index is 9.64. The van der Waals surface area contributed by atoms with Gasteiger partial charge in [0.1, 0.15) is 0 Å². The van der Waals surface area contributed by atoms with Crippen LogP contribution in [0.2, 0.25) is 0 Å². The van der Waals surface area contributed by atoms with E-state index >= 15 is 0 Å². The van der Waals surface area contributed by atoms with Crippen molar-refractivity contribution < 1.29 is 5.11 Å². The van der Waals surface area contributed by atoms with E-state index < -0.39 is 0 Å². The smallest absolute Gasteiger partial charge is 0.0602 e. The van der Waals surface area contributed by atoms with E-state index in [1.807, 2.05) is 0 Å². The first-order chi connectivity index (χ1) is 9.13. The summed E-state index contributed by atoms with van der Waals surface area (Å²) in [6.07, 6.45) is 5.58. The number of nitrogens with two attached hydrogens (primary N) is 1. The number of aliphatic hydroxyl groups is 1. The minimum absolute atomic E-state index is 0.0723. The number of piperazine rings is 1. The largest absolute Gasteiger partial charge is 0.395 e. The molecule has 2 atom stereocenters. The Labute approximate surface area is 117 Å². The standard InChI is InChI=1S/C15H31N3O/c1-12(2)15(16)14(11-19)18-9-7-17(8-10-18)13-5-3-4-6-13/h12-15,19H,3-11,16H2,1-2H3. The second-order valence-corrected chi connectivity index (χ2v) is 6.58. The van der Waals surface area contributed by atoms with E-state index in [4.69, 9.17) is 5.73 Å². The topological polar surface area (TPSA) is 52.7 Å². The minimum atomic E-state index is 0.0723. The summed E-state index contributed by atoms with van der Waals surface area (Å²) in [5, 5.41) is 9.64. The lowest BCUT2D eigenvalue weighted by molar-refractivity contribution is 0.0321. The Kier molecular flexibility index (Phi) is 5.63. The Bertz CT molecular complexity index is 258. The van der Waals surface area contributed by atoms with E-state index in [0.29, 0.717) is 5.92 Å². The van der Waals surface area contributed by atoms with Crippen molar-refractivity contribution in [3.63, 3.8) is 0 Å². The zero-order chi connectivity index (χ0) is 13.8. The highest BCUT2D eigenvalue weighted by Gasteiger charge is 2.31. The lowest BCUT2D eigenvalue weighted by atomic mass is 9.96. The van der Waals surface area contributed by atoms with E-state index in [2.05, 4.69) is 23.6 Å². The van der Waals surface area contributed by atoms with Gasteiger partial charge in [-0.15, -0.1) is 0 Å². The second-order valence-electron chi connectivity index (χ2n) is 6.58. The third kappa shape index (κ3) is 3.69. The van der Waals surface area contributed by atoms with Crippen LogP contribution in [0.25, 0.3) is 0 Å². The van der Waals surface area contributed by atoms with Gasteiger partial charge >= 0.3 is 0 Å². The van der Waals surface area contributed by atoms with Crippen LogP contribution in [0.4, 0.5) is 0 Å². The molecule has 1 heterocycles. The Morgan fingerprint density at radius 3 is 2.16 bits per heavy atom. The average molecular weight is 269 g/mol. The number of hydrogen-bond acceptors (Lipinski definition) is 4. The van der Waals surface area contributed by atoms with Crippen LogP contribution >= 0.6 is 0 Å². The summed E-state index contributed by atoms with van der Waals surface area (Å²) in [6, 6.07) is 1.03. The maximum absolute atomic E-state index is 9.64. The molecular weight excluding hydrogens is 238 g/mol. The summed E-state index contributed by atoms with van der Waals surface area (Å²) in [7, 11) is 0. The number of hydrogen-bond donors (Lipinski definition) is 2. The monoisotopic (exact) mass is 269 g/mol. The molecule has 0 spiro atoms. The van der Waals surface area contributed by atoms with E-state index in [1.165, 1.54) is 25.7 Å². The van der Waals surface area contributed by atoms with Crippen LogP contribution in [0.3, 0.4) is 0 Å². The molecular formula is C15H31N3O. The predicted octanol–water partition coefficient (Wildman–Crippen LogP) is 0.891. The molecule has 0 amide bonds. The molecule has 4 heteroatoms. The fraction of sp³-hybridized carbons (Fsp3) is 1.00. The van der Waals surface area contributed by atoms with Gasteiger partial charge in [0.25, 0.3) is 0 Å². The molecule has 2 fully saturated rings. The van der Waals surface area contributed by atoms with E-state index in [1.54, 1.807) is 0 Å². The zero-order valence-corrected chi connectivity index (χ0v) is 12.6. The molecule has 4 nitrogen and oxygen atoms in total. The Morgan fingerprint density at radius 1 is 1.11 bits per heavy atom. The van der Waals surface area contributed by atoms with Crippen LogP contribution in [0.5, 0.6) is 0 Å². The van der Waals surface area contributed by atoms with Crippen LogP contribution in [0.1, 0.15) is 39.5 Å². The number of aliphatic hydroxyl groups excluding tert-OH is 1. The van der Waals surface area contributed by atoms with Crippen molar-refractivity contribution in [3.05, 3.63) is 0 Å². The molecule has 2 aliphatic rings. The molecule has 0 aromatic rings. The fourth-order valence-corrected chi connectivity index (χ4v) is 3.63. The van der Waals surface area contributed by atoms with Crippen molar-refractivity contribution >= 4 is 0 Å². The molecule has 0 bridgehead atoms. The molecule has 1 aliphatic carbocycles. The zero-order valence-electron chi connectivity index (χ0n) is 12.6. The quantitative estimate of drug-likeness (QED) is 0.778. The molecule has 112 valence electrons. The van der Waals surface area contributed by atoms with Gasteiger partial charge in [-0.3, -0.25) is 9.80 Å². The van der Waals surface area contributed by atoms with Crippen LogP contribution in [0.15, 0.2) is 0 Å². The highest BCUT2D eigenvalue weighted by atomic mass is 16.3. The minimum Gasteiger partial charge on any atom is -0.395 e. The summed E-state index contributed by atoms with van der Waals surface area (Å²) in [5.74, 6) is 0.421. The number of rotatable bonds is 5. The van der Waals surface area contributed by atoms with Gasteiger partial charge in [-0.2, -0.15) is 0 Å². The Balaban J connectivity index is 1.83. The molecule has 0 aromatic heterocycles. The summed E-state index contributed by atoms with van der Waals surface area (Å²) in [6.45, 7) is 8.87. The summed E-state index contributed by atoms with van der Waals surface area (Å²) >= 11 is 0. The first-order valence-corrected chi connectivity index (χ1v) is 7.98. The number of nitrogens with zero attached hydrogens (tertiary/aromatic N) is 2. The van der Waals surface area contributed by atoms with Crippen molar-refractivity contribution in [1.82, 2.24) is 9.80 Å². The lowest BCUT2D eigenvalue weighted by Gasteiger charge is -2.43. The first kappa shape index (κ1) is 15.2. The molecule has 1 aliphatic heterocycles. The third-order valence-electron chi connectivity index (χ3n) is 5.06. The van der Waals surface area contributed by atoms with Crippen molar-refractivity contribution in [2.45, 2.75) is 57.7 Å². The summed E-state index contributed by atoms with van der Waals surface area (Å²) in [5.41, 5.74) is 6.24. The van der Waals surface area contributed by atoms with Crippen LogP contribution in [-0.4, -0.2) is 65.8 Å². The van der Waals surface area contributed by atoms with Gasteiger partial charge in [0.05, 0.1) is 6.61 Å². The van der Waals surface area contributed by atoms with Gasteiger partial charge in [0.2, 0.25) is 0 Å². The van der Waals surface area contributed by atoms with Crippen LogP contribution in [0, 0.1) is 5.92 Å². The van der Waals surface area contributed by atoms with Crippen LogP contribution < -0.4 is 5.73 Å². The molecule has 1 saturated carbocycles. The third-order valence-corrected chi connectivity index (χ3v) is 5.06. The van der Waals surface area contributed by atoms with Gasteiger partial charge in [-0.05, 0) is 18.8 Å². The Hall–Kier alpha value is -0.160. The lowest BCUT2D eigenvalue weighted by Crippen LogP contribution is -2.59. The van der Waals surface area contributed by atoms with E-state index in [-0.39, 0.29) is 18.7 Å². The van der Waals surface area contributed by atoms with Crippen molar-refractivity contribution in [3.8, 4) is 0 Å². The van der Waals surface area contributed by atoms with Gasteiger partial charge in [0.15, 0.2) is 0 Å². The highest BCUT2D eigenvalue weighted by Crippen LogP contribution is 2.25. The van der Waals surface area contributed by atoms with Crippen molar-refractivity contribution in [1.29, 1.82) is 0 Å². The molecule has 1 saturated heterocycles. The Morgan fingerprint density at radius 2 is 1.68 bits per heavy atom. The first-order valence-electron chi connectivity index (χ1n) is 7.98. The predicted molar refractivity (Wildman–Crippen MR) is 79.1 cm³/mol. The molecule has 19 heavy (non-hydrogen) atoms. The summed E-state index contributed by atoms with van der Waals surface area (Å²) in [4.78, 5) is 5.05. The molecule has 2 rings (SSSR count). The molecule has 2 unspecified atom stereocenters.